The van der Waals surface area contributed by atoms with Gasteiger partial charge in [-0.15, -0.1) is 0 Å². The van der Waals surface area contributed by atoms with Crippen molar-refractivity contribution in [3.63, 3.8) is 0 Å². The largest absolute Gasteiger partial charge is 0.486 e. The van der Waals surface area contributed by atoms with Crippen LogP contribution in [0.4, 0.5) is 0 Å². The number of aromatic nitrogens is 2. The second-order valence-electron chi connectivity index (χ2n) is 4.84. The Bertz CT molecular complexity index is 675. The van der Waals surface area contributed by atoms with Gasteiger partial charge in [0.1, 0.15) is 18.5 Å². The molecule has 2 aromatic rings. The molecule has 3 N–H and O–H groups in total. The van der Waals surface area contributed by atoms with Crippen LogP contribution in [0.25, 0.3) is 0 Å². The number of para-hydroxylation sites is 2. The van der Waals surface area contributed by atoms with Crippen molar-refractivity contribution in [1.82, 2.24) is 9.55 Å². The predicted molar refractivity (Wildman–Crippen MR) is 82.2 cm³/mol. The van der Waals surface area contributed by atoms with E-state index in [1.165, 1.54) is 0 Å². The van der Waals surface area contributed by atoms with Crippen LogP contribution in [0.1, 0.15) is 12.7 Å². The topological polar surface area (TPSA) is 114 Å². The second kappa shape index (κ2) is 7.61. The Balaban J connectivity index is 0.000000338. The molecule has 0 spiro atoms. The van der Waals surface area contributed by atoms with E-state index < -0.39 is 7.82 Å². The van der Waals surface area contributed by atoms with Crippen LogP contribution in [-0.4, -0.2) is 36.9 Å². The molecule has 0 saturated carbocycles. The van der Waals surface area contributed by atoms with Crippen LogP contribution in [0.2, 0.25) is 0 Å². The van der Waals surface area contributed by atoms with Crippen molar-refractivity contribution in [3.8, 4) is 11.5 Å². The maximum absolute atomic E-state index is 8.88. The summed E-state index contributed by atoms with van der Waals surface area (Å²) in [4.78, 5) is 25.9. The molecule has 1 aromatic heterocycles. The summed E-state index contributed by atoms with van der Waals surface area (Å²) >= 11 is 0. The van der Waals surface area contributed by atoms with Crippen molar-refractivity contribution in [3.05, 3.63) is 42.5 Å². The third-order valence-electron chi connectivity index (χ3n) is 3.12. The molecule has 0 saturated heterocycles. The molecule has 1 aromatic carbocycles. The molecular weight excluding hydrogens is 323 g/mol. The van der Waals surface area contributed by atoms with Gasteiger partial charge in [0.2, 0.25) is 0 Å². The minimum Gasteiger partial charge on any atom is -0.486 e. The zero-order chi connectivity index (χ0) is 16.9. The summed E-state index contributed by atoms with van der Waals surface area (Å²) in [7, 11) is -4.64. The van der Waals surface area contributed by atoms with Crippen LogP contribution < -0.4 is 9.47 Å². The van der Waals surface area contributed by atoms with Gasteiger partial charge in [0.25, 0.3) is 0 Å². The summed E-state index contributed by atoms with van der Waals surface area (Å²) in [5, 5.41) is 0. The summed E-state index contributed by atoms with van der Waals surface area (Å²) in [6, 6.07) is 7.77. The van der Waals surface area contributed by atoms with Gasteiger partial charge in [-0.2, -0.15) is 0 Å². The lowest BCUT2D eigenvalue weighted by Crippen LogP contribution is -2.32. The van der Waals surface area contributed by atoms with Gasteiger partial charge >= 0.3 is 7.82 Å². The maximum atomic E-state index is 8.88. The van der Waals surface area contributed by atoms with E-state index in [4.69, 9.17) is 28.7 Å². The number of hydrogen-bond donors (Lipinski definition) is 3. The summed E-state index contributed by atoms with van der Waals surface area (Å²) < 4.78 is 22.6. The molecule has 126 valence electrons. The van der Waals surface area contributed by atoms with E-state index >= 15 is 0 Å². The molecule has 1 aliphatic rings. The highest BCUT2D eigenvalue weighted by atomic mass is 31.2. The van der Waals surface area contributed by atoms with Gasteiger partial charge < -0.3 is 28.7 Å². The fraction of sp³-hybridized carbons (Fsp3) is 0.357. The Labute approximate surface area is 133 Å². The molecule has 0 bridgehead atoms. The summed E-state index contributed by atoms with van der Waals surface area (Å²) in [5.41, 5.74) is 0. The molecule has 1 unspecified atom stereocenters. The molecule has 8 nitrogen and oxygen atoms in total. The van der Waals surface area contributed by atoms with Crippen LogP contribution in [0.5, 0.6) is 11.5 Å². The minimum absolute atomic E-state index is 0.0348. The van der Waals surface area contributed by atoms with Crippen molar-refractivity contribution < 1.29 is 28.7 Å². The lowest BCUT2D eigenvalue weighted by molar-refractivity contribution is 0.0892. The van der Waals surface area contributed by atoms with Crippen molar-refractivity contribution in [1.29, 1.82) is 0 Å². The first-order valence-electron chi connectivity index (χ1n) is 7.03. The third-order valence-corrected chi connectivity index (χ3v) is 3.12. The van der Waals surface area contributed by atoms with Gasteiger partial charge in [-0.3, -0.25) is 0 Å². The predicted octanol–water partition coefficient (Wildman–Crippen LogP) is 1.36. The molecule has 3 rings (SSSR count). The van der Waals surface area contributed by atoms with Gasteiger partial charge in [0.05, 0.1) is 0 Å². The molecule has 0 radical (unpaired) electrons. The Hall–Kier alpha value is -1.86. The number of imidazole rings is 1. The number of hydrogen-bond acceptors (Lipinski definition) is 4. The van der Waals surface area contributed by atoms with Crippen molar-refractivity contribution in [2.75, 3.05) is 6.61 Å². The average Bonchev–Trinajstić information content (AvgIpc) is 2.92. The number of ether oxygens (including phenoxy) is 2. The van der Waals surface area contributed by atoms with E-state index in [-0.39, 0.29) is 6.10 Å². The van der Waals surface area contributed by atoms with Gasteiger partial charge in [0, 0.05) is 25.4 Å². The molecule has 0 fully saturated rings. The Morgan fingerprint density at radius 3 is 2.61 bits per heavy atom. The number of benzene rings is 1. The van der Waals surface area contributed by atoms with Crippen LogP contribution in [0.3, 0.4) is 0 Å². The third kappa shape index (κ3) is 5.69. The van der Waals surface area contributed by atoms with Crippen molar-refractivity contribution in [2.24, 2.45) is 0 Å². The molecule has 1 aliphatic heterocycles. The summed E-state index contributed by atoms with van der Waals surface area (Å²) in [5.74, 6) is 2.70. The normalized spacial score (nSPS) is 16.4. The first kappa shape index (κ1) is 17.5. The smallest absolute Gasteiger partial charge is 0.466 e. The maximum Gasteiger partial charge on any atom is 0.466 e. The van der Waals surface area contributed by atoms with E-state index in [0.29, 0.717) is 6.61 Å². The fourth-order valence-electron chi connectivity index (χ4n) is 2.19. The van der Waals surface area contributed by atoms with E-state index in [9.17, 15) is 0 Å². The van der Waals surface area contributed by atoms with Gasteiger partial charge in [-0.05, 0) is 19.1 Å². The number of fused-ring (bicyclic) bond motifs is 1. The number of nitrogens with zero attached hydrogens (tertiary/aromatic N) is 2. The quantitative estimate of drug-likeness (QED) is 0.722. The molecule has 23 heavy (non-hydrogen) atoms. The van der Waals surface area contributed by atoms with Crippen LogP contribution >= 0.6 is 7.82 Å². The van der Waals surface area contributed by atoms with Crippen LogP contribution in [-0.2, 0) is 17.5 Å². The average molecular weight is 342 g/mol. The van der Waals surface area contributed by atoms with E-state index in [1.807, 2.05) is 36.7 Å². The monoisotopic (exact) mass is 342 g/mol. The highest BCUT2D eigenvalue weighted by Crippen LogP contribution is 2.31. The van der Waals surface area contributed by atoms with Crippen LogP contribution in [0, 0.1) is 0 Å². The number of phosphoric acid groups is 1. The lowest BCUT2D eigenvalue weighted by atomic mass is 10.2. The SMILES string of the molecule is CCn1ccnc1CC1COc2ccccc2O1.O=P(O)(O)O. The lowest BCUT2D eigenvalue weighted by Gasteiger charge is -2.26. The van der Waals surface area contributed by atoms with E-state index in [2.05, 4.69) is 16.5 Å². The number of rotatable bonds is 3. The first-order chi connectivity index (χ1) is 10.9. The fourth-order valence-corrected chi connectivity index (χ4v) is 2.19. The molecule has 0 amide bonds. The van der Waals surface area contributed by atoms with Crippen molar-refractivity contribution >= 4 is 7.82 Å². The Morgan fingerprint density at radius 2 is 1.96 bits per heavy atom. The molecular formula is C14H19N2O6P. The number of aryl methyl sites for hydroxylation is 1. The molecule has 9 heteroatoms. The standard InChI is InChI=1S/C14H16N2O2.H3O4P/c1-2-16-8-7-15-14(16)9-11-10-17-12-5-3-4-6-13(12)18-11;1-5(2,3)4/h3-8,11H,2,9-10H2,1H3;(H3,1,2,3,4). The highest BCUT2D eigenvalue weighted by molar-refractivity contribution is 7.45. The van der Waals surface area contributed by atoms with Crippen molar-refractivity contribution in [2.45, 2.75) is 26.0 Å². The second-order valence-corrected chi connectivity index (χ2v) is 5.87. The highest BCUT2D eigenvalue weighted by Gasteiger charge is 2.22. The van der Waals surface area contributed by atoms with E-state index in [1.54, 1.807) is 0 Å². The Morgan fingerprint density at radius 1 is 1.30 bits per heavy atom. The summed E-state index contributed by atoms with van der Waals surface area (Å²) in [6.45, 7) is 3.62. The van der Waals surface area contributed by atoms with Gasteiger partial charge in [-0.1, -0.05) is 12.1 Å². The zero-order valence-corrected chi connectivity index (χ0v) is 13.5. The zero-order valence-electron chi connectivity index (χ0n) is 12.6. The minimum atomic E-state index is -4.64. The van der Waals surface area contributed by atoms with E-state index in [0.717, 1.165) is 30.3 Å². The molecule has 2 heterocycles. The Kier molecular flexibility index (Phi) is 5.79. The van der Waals surface area contributed by atoms with Gasteiger partial charge in [0.15, 0.2) is 11.5 Å². The van der Waals surface area contributed by atoms with Gasteiger partial charge in [-0.25, -0.2) is 9.55 Å². The molecule has 1 atom stereocenters. The first-order valence-corrected chi connectivity index (χ1v) is 8.60. The molecule has 0 aliphatic carbocycles. The van der Waals surface area contributed by atoms with Crippen LogP contribution in [0.15, 0.2) is 36.7 Å². The summed E-state index contributed by atoms with van der Waals surface area (Å²) in [6.07, 6.45) is 4.63.